The standard InChI is InChI=1S/C19H22N6O2/c1-12-8-18(20-2)23-19(21-12)22-14-4-5-17(26-3)16(9-14)25-10-13-11-27-7-6-15(13)24-25/h4-5,8-10H,6-7,11H2,1-3H3,(H2,20,21,22,23). The lowest BCUT2D eigenvalue weighted by Crippen LogP contribution is -2.08. The van der Waals surface area contributed by atoms with Crippen molar-refractivity contribution in [1.82, 2.24) is 19.7 Å². The van der Waals surface area contributed by atoms with Gasteiger partial charge in [0.2, 0.25) is 5.95 Å². The van der Waals surface area contributed by atoms with Crippen LogP contribution in [0.2, 0.25) is 0 Å². The number of anilines is 3. The van der Waals surface area contributed by atoms with Gasteiger partial charge < -0.3 is 20.1 Å². The SMILES string of the molecule is CNc1cc(C)nc(Nc2ccc(OC)c(-n3cc4c(n3)CCOC4)c2)n1. The summed E-state index contributed by atoms with van der Waals surface area (Å²) in [6.07, 6.45) is 2.82. The summed E-state index contributed by atoms with van der Waals surface area (Å²) in [5.74, 6) is 2.03. The summed E-state index contributed by atoms with van der Waals surface area (Å²) in [6, 6.07) is 7.70. The van der Waals surface area contributed by atoms with E-state index in [2.05, 4.69) is 20.6 Å². The van der Waals surface area contributed by atoms with Crippen molar-refractivity contribution in [3.8, 4) is 11.4 Å². The predicted molar refractivity (Wildman–Crippen MR) is 103 cm³/mol. The molecule has 0 fully saturated rings. The average Bonchev–Trinajstić information content (AvgIpc) is 3.11. The van der Waals surface area contributed by atoms with Gasteiger partial charge in [-0.05, 0) is 25.1 Å². The van der Waals surface area contributed by atoms with E-state index in [1.54, 1.807) is 7.11 Å². The van der Waals surface area contributed by atoms with E-state index in [-0.39, 0.29) is 0 Å². The molecule has 2 N–H and O–H groups in total. The molecule has 140 valence electrons. The van der Waals surface area contributed by atoms with Crippen molar-refractivity contribution in [2.24, 2.45) is 0 Å². The predicted octanol–water partition coefficient (Wildman–Crippen LogP) is 2.84. The first-order valence-corrected chi connectivity index (χ1v) is 8.80. The molecule has 2 aromatic heterocycles. The Morgan fingerprint density at radius 2 is 2.11 bits per heavy atom. The van der Waals surface area contributed by atoms with Crippen LogP contribution in [0.3, 0.4) is 0 Å². The summed E-state index contributed by atoms with van der Waals surface area (Å²) in [5, 5.41) is 11.0. The molecule has 0 radical (unpaired) electrons. The Labute approximate surface area is 157 Å². The molecule has 1 aliphatic heterocycles. The number of fused-ring (bicyclic) bond motifs is 1. The Morgan fingerprint density at radius 1 is 1.22 bits per heavy atom. The lowest BCUT2D eigenvalue weighted by atomic mass is 10.2. The summed E-state index contributed by atoms with van der Waals surface area (Å²) in [6.45, 7) is 3.24. The molecule has 0 aliphatic carbocycles. The average molecular weight is 366 g/mol. The molecule has 1 aliphatic rings. The van der Waals surface area contributed by atoms with Crippen molar-refractivity contribution in [3.05, 3.63) is 47.4 Å². The van der Waals surface area contributed by atoms with Crippen LogP contribution in [-0.4, -0.2) is 40.5 Å². The smallest absolute Gasteiger partial charge is 0.229 e. The minimum atomic E-state index is 0.531. The zero-order valence-electron chi connectivity index (χ0n) is 15.6. The third kappa shape index (κ3) is 3.56. The molecule has 0 saturated heterocycles. The van der Waals surface area contributed by atoms with Crippen LogP contribution in [0.5, 0.6) is 5.75 Å². The number of nitrogens with zero attached hydrogens (tertiary/aromatic N) is 4. The molecular weight excluding hydrogens is 344 g/mol. The van der Waals surface area contributed by atoms with Crippen LogP contribution >= 0.6 is 0 Å². The zero-order chi connectivity index (χ0) is 18.8. The van der Waals surface area contributed by atoms with Gasteiger partial charge in [-0.2, -0.15) is 10.1 Å². The number of aryl methyl sites for hydroxylation is 1. The molecule has 1 aromatic carbocycles. The third-order valence-corrected chi connectivity index (χ3v) is 4.41. The summed E-state index contributed by atoms with van der Waals surface area (Å²) >= 11 is 0. The minimum Gasteiger partial charge on any atom is -0.494 e. The first-order valence-electron chi connectivity index (χ1n) is 8.80. The van der Waals surface area contributed by atoms with Crippen molar-refractivity contribution in [3.63, 3.8) is 0 Å². The number of hydrogen-bond donors (Lipinski definition) is 2. The van der Waals surface area contributed by atoms with Crippen LogP contribution in [0.1, 0.15) is 17.0 Å². The van der Waals surface area contributed by atoms with E-state index in [0.717, 1.165) is 46.3 Å². The first kappa shape index (κ1) is 17.3. The van der Waals surface area contributed by atoms with Gasteiger partial charge in [-0.1, -0.05) is 0 Å². The van der Waals surface area contributed by atoms with Crippen LogP contribution in [-0.2, 0) is 17.8 Å². The summed E-state index contributed by atoms with van der Waals surface area (Å²) in [4.78, 5) is 8.88. The number of nitrogens with one attached hydrogen (secondary N) is 2. The van der Waals surface area contributed by atoms with Gasteiger partial charge in [0.1, 0.15) is 17.3 Å². The highest BCUT2D eigenvalue weighted by Crippen LogP contribution is 2.29. The second-order valence-electron chi connectivity index (χ2n) is 6.33. The van der Waals surface area contributed by atoms with E-state index in [9.17, 15) is 0 Å². The monoisotopic (exact) mass is 366 g/mol. The van der Waals surface area contributed by atoms with Gasteiger partial charge in [-0.15, -0.1) is 0 Å². The summed E-state index contributed by atoms with van der Waals surface area (Å²) in [7, 11) is 3.49. The van der Waals surface area contributed by atoms with Crippen molar-refractivity contribution in [2.45, 2.75) is 20.0 Å². The van der Waals surface area contributed by atoms with Gasteiger partial charge in [0.25, 0.3) is 0 Å². The Hall–Kier alpha value is -3.13. The van der Waals surface area contributed by atoms with E-state index in [1.165, 1.54) is 0 Å². The number of ether oxygens (including phenoxy) is 2. The minimum absolute atomic E-state index is 0.531. The van der Waals surface area contributed by atoms with Crippen LogP contribution in [0, 0.1) is 6.92 Å². The molecule has 27 heavy (non-hydrogen) atoms. The quantitative estimate of drug-likeness (QED) is 0.718. The molecule has 3 heterocycles. The lowest BCUT2D eigenvalue weighted by molar-refractivity contribution is 0.110. The van der Waals surface area contributed by atoms with Crippen molar-refractivity contribution in [1.29, 1.82) is 0 Å². The lowest BCUT2D eigenvalue weighted by Gasteiger charge is -2.12. The number of methoxy groups -OCH3 is 1. The fourth-order valence-corrected chi connectivity index (χ4v) is 3.08. The Balaban J connectivity index is 1.69. The molecule has 0 unspecified atom stereocenters. The Bertz CT molecular complexity index is 945. The molecule has 0 atom stereocenters. The highest BCUT2D eigenvalue weighted by molar-refractivity contribution is 5.63. The highest BCUT2D eigenvalue weighted by Gasteiger charge is 2.17. The molecule has 4 rings (SSSR count). The maximum atomic E-state index is 5.53. The number of benzene rings is 1. The van der Waals surface area contributed by atoms with E-state index in [1.807, 2.05) is 49.1 Å². The van der Waals surface area contributed by atoms with Gasteiger partial charge in [-0.25, -0.2) is 9.67 Å². The van der Waals surface area contributed by atoms with Gasteiger partial charge in [0.15, 0.2) is 0 Å². The third-order valence-electron chi connectivity index (χ3n) is 4.41. The van der Waals surface area contributed by atoms with Crippen molar-refractivity contribution >= 4 is 17.5 Å². The van der Waals surface area contributed by atoms with Crippen molar-refractivity contribution in [2.75, 3.05) is 31.4 Å². The van der Waals surface area contributed by atoms with E-state index in [0.29, 0.717) is 19.2 Å². The second-order valence-corrected chi connectivity index (χ2v) is 6.33. The number of hydrogen-bond acceptors (Lipinski definition) is 7. The first-order chi connectivity index (χ1) is 13.2. The topological polar surface area (TPSA) is 86.1 Å². The van der Waals surface area contributed by atoms with Crippen LogP contribution in [0.25, 0.3) is 5.69 Å². The Morgan fingerprint density at radius 3 is 2.89 bits per heavy atom. The summed E-state index contributed by atoms with van der Waals surface area (Å²) in [5.41, 5.74) is 4.76. The molecule has 0 amide bonds. The highest BCUT2D eigenvalue weighted by atomic mass is 16.5. The Kier molecular flexibility index (Phi) is 4.64. The van der Waals surface area contributed by atoms with Crippen molar-refractivity contribution < 1.29 is 9.47 Å². The van der Waals surface area contributed by atoms with Crippen LogP contribution < -0.4 is 15.4 Å². The molecule has 0 spiro atoms. The van der Waals surface area contributed by atoms with Crippen LogP contribution in [0.15, 0.2) is 30.5 Å². The van der Waals surface area contributed by atoms with E-state index < -0.39 is 0 Å². The van der Waals surface area contributed by atoms with Crippen LogP contribution in [0.4, 0.5) is 17.5 Å². The van der Waals surface area contributed by atoms with E-state index >= 15 is 0 Å². The number of aromatic nitrogens is 4. The largest absolute Gasteiger partial charge is 0.494 e. The molecule has 0 bridgehead atoms. The number of rotatable bonds is 5. The summed E-state index contributed by atoms with van der Waals surface area (Å²) < 4.78 is 12.9. The normalized spacial score (nSPS) is 13.1. The van der Waals surface area contributed by atoms with E-state index in [4.69, 9.17) is 14.6 Å². The molecule has 3 aromatic rings. The fraction of sp³-hybridized carbons (Fsp3) is 0.316. The molecular formula is C19H22N6O2. The van der Waals surface area contributed by atoms with Gasteiger partial charge in [-0.3, -0.25) is 0 Å². The van der Waals surface area contributed by atoms with Gasteiger partial charge in [0, 0.05) is 42.7 Å². The maximum absolute atomic E-state index is 5.53. The zero-order valence-corrected chi connectivity index (χ0v) is 15.6. The van der Waals surface area contributed by atoms with Gasteiger partial charge in [0.05, 0.1) is 26.0 Å². The fourth-order valence-electron chi connectivity index (χ4n) is 3.08. The molecule has 8 nitrogen and oxygen atoms in total. The maximum Gasteiger partial charge on any atom is 0.229 e. The van der Waals surface area contributed by atoms with Gasteiger partial charge >= 0.3 is 0 Å². The second kappa shape index (κ2) is 7.24. The molecule has 8 heteroatoms. The molecule has 0 saturated carbocycles.